The second kappa shape index (κ2) is 9.46. The normalized spacial score (nSPS) is 15.0. The van der Waals surface area contributed by atoms with Crippen molar-refractivity contribution in [3.8, 4) is 17.6 Å². The Bertz CT molecular complexity index is 1350. The molecular weight excluding hydrogens is 463 g/mol. The number of fused-ring (bicyclic) bond motifs is 1. The molecule has 0 saturated carbocycles. The highest BCUT2D eigenvalue weighted by molar-refractivity contribution is 5.93. The number of carboxylic acid groups (broad SMARTS) is 1. The monoisotopic (exact) mass is 480 g/mol. The van der Waals surface area contributed by atoms with Gasteiger partial charge in [-0.25, -0.2) is 0 Å². The van der Waals surface area contributed by atoms with Gasteiger partial charge in [-0.2, -0.15) is 18.4 Å². The maximum Gasteiger partial charge on any atom is 0.416 e. The number of ether oxygens (including phenoxy) is 1. The van der Waals surface area contributed by atoms with Crippen LogP contribution < -0.4 is 15.2 Å². The Morgan fingerprint density at radius 2 is 1.86 bits per heavy atom. The highest BCUT2D eigenvalue weighted by atomic mass is 19.4. The summed E-state index contributed by atoms with van der Waals surface area (Å²) in [6.45, 7) is 0. The Kier molecular flexibility index (Phi) is 6.42. The van der Waals surface area contributed by atoms with E-state index in [4.69, 9.17) is 10.00 Å². The summed E-state index contributed by atoms with van der Waals surface area (Å²) in [4.78, 5) is 27.5. The molecule has 1 heterocycles. The van der Waals surface area contributed by atoms with Gasteiger partial charge in [-0.15, -0.1) is 0 Å². The number of carboxylic acids is 1. The number of nitrogens with one attached hydrogen (secondary N) is 1. The summed E-state index contributed by atoms with van der Waals surface area (Å²) >= 11 is 0. The predicted molar refractivity (Wildman–Crippen MR) is 115 cm³/mol. The van der Waals surface area contributed by atoms with Gasteiger partial charge in [0.05, 0.1) is 28.9 Å². The van der Waals surface area contributed by atoms with E-state index in [1.165, 1.54) is 24.4 Å². The highest BCUT2D eigenvalue weighted by Crippen LogP contribution is 2.34. The Labute approximate surface area is 197 Å². The summed E-state index contributed by atoms with van der Waals surface area (Å²) in [5.74, 6) is -1.70. The molecule has 1 aliphatic carbocycles. The van der Waals surface area contributed by atoms with Gasteiger partial charge < -0.3 is 20.0 Å². The molecule has 1 atom stereocenters. The molecular formula is C25H17F3N3O4-. The number of aromatic nitrogens is 1. The molecule has 0 aliphatic heterocycles. The molecule has 10 heteroatoms. The van der Waals surface area contributed by atoms with Gasteiger partial charge >= 0.3 is 6.18 Å². The van der Waals surface area contributed by atoms with Gasteiger partial charge in [-0.05, 0) is 66.8 Å². The first-order valence-corrected chi connectivity index (χ1v) is 10.5. The lowest BCUT2D eigenvalue weighted by atomic mass is 9.83. The van der Waals surface area contributed by atoms with Crippen molar-refractivity contribution < 1.29 is 32.6 Å². The van der Waals surface area contributed by atoms with Crippen LogP contribution >= 0.6 is 0 Å². The molecule has 3 aromatic rings. The molecule has 1 aliphatic rings. The van der Waals surface area contributed by atoms with Gasteiger partial charge in [-0.3, -0.25) is 9.78 Å². The third kappa shape index (κ3) is 5.58. The number of amides is 1. The zero-order valence-corrected chi connectivity index (χ0v) is 18.1. The number of nitrogens with zero attached hydrogens (tertiary/aromatic N) is 2. The van der Waals surface area contributed by atoms with Crippen LogP contribution in [0.3, 0.4) is 0 Å². The molecule has 1 aromatic heterocycles. The molecule has 1 N–H and O–H groups in total. The Hall–Kier alpha value is -4.39. The van der Waals surface area contributed by atoms with Gasteiger partial charge in [0.25, 0.3) is 0 Å². The topological polar surface area (TPSA) is 115 Å². The molecule has 0 radical (unpaired) electrons. The summed E-state index contributed by atoms with van der Waals surface area (Å²) in [7, 11) is 0. The Morgan fingerprint density at radius 3 is 2.57 bits per heavy atom. The standard InChI is InChI=1S/C25H18F3N3O4/c26-25(27,28)18-7-14(13-29)8-19(11-18)31-23(32)16-2-1-15-3-4-20(10-17(15)9-16)35-21-5-6-30-22(12-21)24(33)34/h3-8,10-12,16H,1-2,9H2,(H,31,32)(H,33,34)/p-1. The summed E-state index contributed by atoms with van der Waals surface area (Å²) in [5.41, 5.74) is 0.267. The van der Waals surface area contributed by atoms with E-state index in [1.807, 2.05) is 6.07 Å². The van der Waals surface area contributed by atoms with Crippen molar-refractivity contribution in [2.75, 3.05) is 5.32 Å². The molecule has 4 rings (SSSR count). The number of anilines is 1. The van der Waals surface area contributed by atoms with Gasteiger partial charge in [-0.1, -0.05) is 6.07 Å². The van der Waals surface area contributed by atoms with Crippen molar-refractivity contribution in [1.29, 1.82) is 5.26 Å². The number of pyridine rings is 1. The first-order valence-electron chi connectivity index (χ1n) is 10.5. The number of hydrogen-bond acceptors (Lipinski definition) is 6. The first-order chi connectivity index (χ1) is 16.6. The number of aryl methyl sites for hydroxylation is 1. The second-order valence-electron chi connectivity index (χ2n) is 8.03. The largest absolute Gasteiger partial charge is 0.543 e. The van der Waals surface area contributed by atoms with E-state index < -0.39 is 29.5 Å². The molecule has 1 amide bonds. The molecule has 178 valence electrons. The van der Waals surface area contributed by atoms with Crippen LogP contribution in [0, 0.1) is 17.2 Å². The maximum atomic E-state index is 13.1. The number of carbonyl (C=O) groups excluding carboxylic acids is 2. The predicted octanol–water partition coefficient (Wildman–Crippen LogP) is 3.87. The van der Waals surface area contributed by atoms with E-state index in [9.17, 15) is 27.9 Å². The first kappa shape index (κ1) is 23.8. The van der Waals surface area contributed by atoms with E-state index in [0.717, 1.165) is 23.3 Å². The fraction of sp³-hybridized carbons (Fsp3) is 0.200. The average Bonchev–Trinajstić information content (AvgIpc) is 2.83. The Balaban J connectivity index is 1.49. The molecule has 35 heavy (non-hydrogen) atoms. The van der Waals surface area contributed by atoms with Crippen LogP contribution in [-0.4, -0.2) is 16.9 Å². The van der Waals surface area contributed by atoms with Crippen molar-refractivity contribution in [3.63, 3.8) is 0 Å². The van der Waals surface area contributed by atoms with E-state index in [-0.39, 0.29) is 22.7 Å². The zero-order chi connectivity index (χ0) is 25.2. The van der Waals surface area contributed by atoms with Gasteiger partial charge in [0.2, 0.25) is 5.91 Å². The lowest BCUT2D eigenvalue weighted by molar-refractivity contribution is -0.255. The minimum atomic E-state index is -4.65. The van der Waals surface area contributed by atoms with Gasteiger partial charge in [0.1, 0.15) is 11.5 Å². The molecule has 0 spiro atoms. The number of hydrogen-bond donors (Lipinski definition) is 1. The van der Waals surface area contributed by atoms with Crippen molar-refractivity contribution >= 4 is 17.6 Å². The van der Waals surface area contributed by atoms with Crippen LogP contribution in [-0.2, 0) is 23.8 Å². The minimum Gasteiger partial charge on any atom is -0.543 e. The number of rotatable bonds is 5. The van der Waals surface area contributed by atoms with Gasteiger partial charge in [0, 0.05) is 23.9 Å². The number of carbonyl (C=O) groups is 2. The molecule has 0 fully saturated rings. The number of alkyl halides is 3. The van der Waals surface area contributed by atoms with E-state index in [2.05, 4.69) is 10.3 Å². The molecule has 1 unspecified atom stereocenters. The summed E-state index contributed by atoms with van der Waals surface area (Å²) in [6.07, 6.45) is -1.94. The fourth-order valence-electron chi connectivity index (χ4n) is 3.92. The van der Waals surface area contributed by atoms with Crippen molar-refractivity contribution in [1.82, 2.24) is 4.98 Å². The second-order valence-corrected chi connectivity index (χ2v) is 8.03. The molecule has 0 saturated heterocycles. The lowest BCUT2D eigenvalue weighted by Crippen LogP contribution is -2.28. The SMILES string of the molecule is N#Cc1cc(NC(=O)C2CCc3ccc(Oc4ccnc(C(=O)[O-])c4)cc3C2)cc(C(F)(F)F)c1. The smallest absolute Gasteiger partial charge is 0.416 e. The number of halogens is 3. The summed E-state index contributed by atoms with van der Waals surface area (Å²) in [5, 5.41) is 22.5. The van der Waals surface area contributed by atoms with Crippen LogP contribution in [0.15, 0.2) is 54.7 Å². The number of benzene rings is 2. The number of aromatic carboxylic acids is 1. The quantitative estimate of drug-likeness (QED) is 0.593. The van der Waals surface area contributed by atoms with Crippen LogP contribution in [0.4, 0.5) is 18.9 Å². The highest BCUT2D eigenvalue weighted by Gasteiger charge is 2.32. The molecule has 2 aromatic carbocycles. The number of nitriles is 1. The zero-order valence-electron chi connectivity index (χ0n) is 18.1. The van der Waals surface area contributed by atoms with Gasteiger partial charge in [0.15, 0.2) is 0 Å². The third-order valence-corrected chi connectivity index (χ3v) is 5.61. The molecule has 7 nitrogen and oxygen atoms in total. The van der Waals surface area contributed by atoms with E-state index in [1.54, 1.807) is 18.2 Å². The van der Waals surface area contributed by atoms with E-state index in [0.29, 0.717) is 25.0 Å². The molecule has 0 bridgehead atoms. The summed E-state index contributed by atoms with van der Waals surface area (Å²) in [6, 6.07) is 12.5. The van der Waals surface area contributed by atoms with Crippen LogP contribution in [0.2, 0.25) is 0 Å². The lowest BCUT2D eigenvalue weighted by Gasteiger charge is -2.24. The fourth-order valence-corrected chi connectivity index (χ4v) is 3.92. The van der Waals surface area contributed by atoms with Crippen LogP contribution in [0.25, 0.3) is 0 Å². The maximum absolute atomic E-state index is 13.1. The van der Waals surface area contributed by atoms with Crippen molar-refractivity contribution in [2.24, 2.45) is 5.92 Å². The van der Waals surface area contributed by atoms with Crippen molar-refractivity contribution in [2.45, 2.75) is 25.4 Å². The average molecular weight is 480 g/mol. The van der Waals surface area contributed by atoms with Crippen LogP contribution in [0.1, 0.15) is 39.2 Å². The van der Waals surface area contributed by atoms with E-state index >= 15 is 0 Å². The summed E-state index contributed by atoms with van der Waals surface area (Å²) < 4.78 is 45.1. The Morgan fingerprint density at radius 1 is 1.09 bits per heavy atom. The minimum absolute atomic E-state index is 0.0920. The third-order valence-electron chi connectivity index (χ3n) is 5.61. The van der Waals surface area contributed by atoms with Crippen LogP contribution in [0.5, 0.6) is 11.5 Å². The van der Waals surface area contributed by atoms with Crippen molar-refractivity contribution in [3.05, 3.63) is 82.7 Å².